The van der Waals surface area contributed by atoms with Gasteiger partial charge in [-0.1, -0.05) is 19.8 Å². The SMILES string of the molecule is CCCCCNc1ccc(C(F)(F)F)c(C(=O)O)c1. The van der Waals surface area contributed by atoms with Crippen molar-refractivity contribution in [2.75, 3.05) is 11.9 Å². The summed E-state index contributed by atoms with van der Waals surface area (Å²) in [4.78, 5) is 10.9. The molecule has 0 heterocycles. The molecule has 0 amide bonds. The molecular weight excluding hydrogens is 259 g/mol. The highest BCUT2D eigenvalue weighted by Gasteiger charge is 2.35. The lowest BCUT2D eigenvalue weighted by atomic mass is 10.1. The molecule has 1 aromatic carbocycles. The van der Waals surface area contributed by atoms with Crippen molar-refractivity contribution in [1.82, 2.24) is 0 Å². The van der Waals surface area contributed by atoms with Crippen molar-refractivity contribution >= 4 is 11.7 Å². The molecule has 0 aliphatic rings. The van der Waals surface area contributed by atoms with Crippen molar-refractivity contribution < 1.29 is 23.1 Å². The van der Waals surface area contributed by atoms with Gasteiger partial charge in [-0.25, -0.2) is 4.79 Å². The van der Waals surface area contributed by atoms with Gasteiger partial charge in [0.25, 0.3) is 0 Å². The normalized spacial score (nSPS) is 11.4. The summed E-state index contributed by atoms with van der Waals surface area (Å²) in [6, 6.07) is 3.07. The summed E-state index contributed by atoms with van der Waals surface area (Å²) < 4.78 is 37.8. The first kappa shape index (κ1) is 15.3. The van der Waals surface area contributed by atoms with Crippen molar-refractivity contribution in [3.8, 4) is 0 Å². The van der Waals surface area contributed by atoms with Crippen molar-refractivity contribution in [1.29, 1.82) is 0 Å². The Morgan fingerprint density at radius 3 is 2.53 bits per heavy atom. The molecule has 106 valence electrons. The van der Waals surface area contributed by atoms with E-state index in [1.165, 1.54) is 6.07 Å². The van der Waals surface area contributed by atoms with Gasteiger partial charge in [-0.3, -0.25) is 0 Å². The largest absolute Gasteiger partial charge is 0.478 e. The van der Waals surface area contributed by atoms with Gasteiger partial charge in [0, 0.05) is 12.2 Å². The minimum atomic E-state index is -4.66. The van der Waals surface area contributed by atoms with Crippen LogP contribution in [-0.2, 0) is 6.18 Å². The first-order valence-electron chi connectivity index (χ1n) is 6.04. The zero-order valence-corrected chi connectivity index (χ0v) is 10.5. The van der Waals surface area contributed by atoms with Gasteiger partial charge in [0.2, 0.25) is 0 Å². The fourth-order valence-corrected chi connectivity index (χ4v) is 1.69. The molecule has 6 heteroatoms. The molecule has 0 atom stereocenters. The number of carboxylic acids is 1. The Hall–Kier alpha value is -1.72. The first-order valence-corrected chi connectivity index (χ1v) is 6.04. The van der Waals surface area contributed by atoms with E-state index in [0.717, 1.165) is 31.4 Å². The van der Waals surface area contributed by atoms with Crippen LogP contribution in [0.2, 0.25) is 0 Å². The highest BCUT2D eigenvalue weighted by Crippen LogP contribution is 2.33. The smallest absolute Gasteiger partial charge is 0.417 e. The minimum absolute atomic E-state index is 0.390. The lowest BCUT2D eigenvalue weighted by Crippen LogP contribution is -2.13. The Bertz CT molecular complexity index is 444. The quantitative estimate of drug-likeness (QED) is 0.771. The maximum atomic E-state index is 12.6. The second-order valence-electron chi connectivity index (χ2n) is 4.20. The topological polar surface area (TPSA) is 49.3 Å². The Morgan fingerprint density at radius 1 is 1.32 bits per heavy atom. The van der Waals surface area contributed by atoms with Gasteiger partial charge in [0.1, 0.15) is 0 Å². The average molecular weight is 275 g/mol. The second-order valence-corrected chi connectivity index (χ2v) is 4.20. The number of alkyl halides is 3. The molecule has 0 fully saturated rings. The second kappa shape index (κ2) is 6.45. The first-order chi connectivity index (χ1) is 8.86. The number of carboxylic acid groups (broad SMARTS) is 1. The number of carbonyl (C=O) groups is 1. The van der Waals surface area contributed by atoms with E-state index in [4.69, 9.17) is 5.11 Å². The van der Waals surface area contributed by atoms with Crippen molar-refractivity contribution in [3.05, 3.63) is 29.3 Å². The Morgan fingerprint density at radius 2 is 2.00 bits per heavy atom. The van der Waals surface area contributed by atoms with Gasteiger partial charge < -0.3 is 10.4 Å². The summed E-state index contributed by atoms with van der Waals surface area (Å²) >= 11 is 0. The van der Waals surface area contributed by atoms with E-state index in [1.807, 2.05) is 6.92 Å². The van der Waals surface area contributed by atoms with E-state index < -0.39 is 23.3 Å². The molecule has 0 aromatic heterocycles. The van der Waals surface area contributed by atoms with E-state index in [2.05, 4.69) is 5.32 Å². The summed E-state index contributed by atoms with van der Waals surface area (Å²) in [5, 5.41) is 11.8. The molecule has 0 spiro atoms. The molecule has 0 saturated heterocycles. The maximum Gasteiger partial charge on any atom is 0.417 e. The molecule has 0 aliphatic carbocycles. The number of aromatic carboxylic acids is 1. The van der Waals surface area contributed by atoms with Crippen LogP contribution in [0.15, 0.2) is 18.2 Å². The van der Waals surface area contributed by atoms with Crippen molar-refractivity contribution in [2.24, 2.45) is 0 Å². The van der Waals surface area contributed by atoms with E-state index in [-0.39, 0.29) is 0 Å². The van der Waals surface area contributed by atoms with Crippen LogP contribution in [0.1, 0.15) is 42.1 Å². The molecule has 2 N–H and O–H groups in total. The third-order valence-electron chi connectivity index (χ3n) is 2.66. The zero-order chi connectivity index (χ0) is 14.5. The number of benzene rings is 1. The molecule has 0 unspecified atom stereocenters. The molecule has 0 saturated carbocycles. The Balaban J connectivity index is 2.88. The van der Waals surface area contributed by atoms with Crippen LogP contribution in [0.3, 0.4) is 0 Å². The number of unbranched alkanes of at least 4 members (excludes halogenated alkanes) is 2. The molecule has 3 nitrogen and oxygen atoms in total. The van der Waals surface area contributed by atoms with Gasteiger partial charge in [0.15, 0.2) is 0 Å². The number of halogens is 3. The number of hydrogen-bond donors (Lipinski definition) is 2. The number of hydrogen-bond acceptors (Lipinski definition) is 2. The number of nitrogens with one attached hydrogen (secondary N) is 1. The van der Waals surface area contributed by atoms with E-state index in [0.29, 0.717) is 12.2 Å². The lowest BCUT2D eigenvalue weighted by molar-refractivity contribution is -0.138. The fourth-order valence-electron chi connectivity index (χ4n) is 1.69. The third-order valence-corrected chi connectivity index (χ3v) is 2.66. The minimum Gasteiger partial charge on any atom is -0.478 e. The van der Waals surface area contributed by atoms with Gasteiger partial charge in [-0.2, -0.15) is 13.2 Å². The van der Waals surface area contributed by atoms with Crippen LogP contribution in [0.25, 0.3) is 0 Å². The van der Waals surface area contributed by atoms with Gasteiger partial charge >= 0.3 is 12.1 Å². The molecular formula is C13H16F3NO2. The van der Waals surface area contributed by atoms with E-state index >= 15 is 0 Å². The summed E-state index contributed by atoms with van der Waals surface area (Å²) in [6.45, 7) is 2.65. The van der Waals surface area contributed by atoms with Crippen LogP contribution in [-0.4, -0.2) is 17.6 Å². The molecule has 0 bridgehead atoms. The third kappa shape index (κ3) is 4.46. The lowest BCUT2D eigenvalue weighted by Gasteiger charge is -2.12. The van der Waals surface area contributed by atoms with Gasteiger partial charge in [-0.05, 0) is 24.6 Å². The predicted molar refractivity (Wildman–Crippen MR) is 66.4 cm³/mol. The summed E-state index contributed by atoms with van der Waals surface area (Å²) in [6.07, 6.45) is -1.72. The molecule has 1 aromatic rings. The molecule has 1 rings (SSSR count). The van der Waals surface area contributed by atoms with E-state index in [1.54, 1.807) is 0 Å². The zero-order valence-electron chi connectivity index (χ0n) is 10.5. The van der Waals surface area contributed by atoms with Crippen molar-refractivity contribution in [3.63, 3.8) is 0 Å². The van der Waals surface area contributed by atoms with Gasteiger partial charge in [-0.15, -0.1) is 0 Å². The van der Waals surface area contributed by atoms with Gasteiger partial charge in [0.05, 0.1) is 11.1 Å². The van der Waals surface area contributed by atoms with Crippen LogP contribution < -0.4 is 5.32 Å². The number of anilines is 1. The van der Waals surface area contributed by atoms with Crippen LogP contribution >= 0.6 is 0 Å². The molecule has 0 aliphatic heterocycles. The molecule has 0 radical (unpaired) electrons. The fraction of sp³-hybridized carbons (Fsp3) is 0.462. The monoisotopic (exact) mass is 275 g/mol. The van der Waals surface area contributed by atoms with Crippen molar-refractivity contribution in [2.45, 2.75) is 32.4 Å². The summed E-state index contributed by atoms with van der Waals surface area (Å²) in [5.41, 5.74) is -1.46. The number of rotatable bonds is 6. The summed E-state index contributed by atoms with van der Waals surface area (Å²) in [7, 11) is 0. The predicted octanol–water partition coefficient (Wildman–Crippen LogP) is 4.01. The summed E-state index contributed by atoms with van der Waals surface area (Å²) in [5.74, 6) is -1.58. The van der Waals surface area contributed by atoms with E-state index in [9.17, 15) is 18.0 Å². The standard InChI is InChI=1S/C13H16F3NO2/c1-2-3-4-7-17-9-5-6-11(13(14,15)16)10(8-9)12(18)19/h5-6,8,17H,2-4,7H2,1H3,(H,18,19). The molecule has 19 heavy (non-hydrogen) atoms. The average Bonchev–Trinajstić information content (AvgIpc) is 2.33. The van der Waals surface area contributed by atoms with Crippen LogP contribution in [0, 0.1) is 0 Å². The maximum absolute atomic E-state index is 12.6. The highest BCUT2D eigenvalue weighted by atomic mass is 19.4. The Labute approximate surface area is 109 Å². The Kier molecular flexibility index (Phi) is 5.20. The van der Waals surface area contributed by atoms with Crippen LogP contribution in [0.5, 0.6) is 0 Å². The highest BCUT2D eigenvalue weighted by molar-refractivity contribution is 5.91. The van der Waals surface area contributed by atoms with Crippen LogP contribution in [0.4, 0.5) is 18.9 Å².